The molecule has 1 saturated heterocycles. The third-order valence-electron chi connectivity index (χ3n) is 10.2. The molecule has 2 aromatic heterocycles. The third kappa shape index (κ3) is 10.6. The first-order valence-electron chi connectivity index (χ1n) is 20.1. The molecule has 2 aliphatic rings. The lowest BCUT2D eigenvalue weighted by Crippen LogP contribution is -2.44. The van der Waals surface area contributed by atoms with Gasteiger partial charge in [-0.05, 0) is 116 Å². The van der Waals surface area contributed by atoms with Gasteiger partial charge >= 0.3 is 12.2 Å². The van der Waals surface area contributed by atoms with E-state index in [1.54, 1.807) is 9.80 Å². The lowest BCUT2D eigenvalue weighted by Gasteiger charge is -2.32. The maximum Gasteiger partial charge on any atom is 0.410 e. The van der Waals surface area contributed by atoms with Crippen molar-refractivity contribution in [2.45, 2.75) is 123 Å². The zero-order valence-corrected chi connectivity index (χ0v) is 35.0. The van der Waals surface area contributed by atoms with Crippen LogP contribution in [0.15, 0.2) is 67.1 Å². The molecule has 6 rings (SSSR count). The molecule has 0 unspecified atom stereocenters. The van der Waals surface area contributed by atoms with Gasteiger partial charge in [0.25, 0.3) is 0 Å². The molecule has 4 aromatic rings. The molecule has 2 fully saturated rings. The van der Waals surface area contributed by atoms with Gasteiger partial charge in [0.15, 0.2) is 5.79 Å². The molecule has 4 atom stereocenters. The standard InChI is InChI=1S/C44H60N6O7/c1-10-30-27-50(39-35(30)38(45)46-28-47-39)34-25-31(36-37(34)55-44(8,9)54-36)26-49(41(52)57-43(5,6)7)22-15-21-48(40(51)56-42(2,3)4)23-20-29-16-14-19-33(24-29)53-32-17-12-11-13-18-32/h11-14,16-19,24,27-28,31,34,36-37H,10,15,20-23,25-26H2,1-9H3,(H2,45,46,47)/t31-,34-,36-,37+/m1/s1. The third-order valence-corrected chi connectivity index (χ3v) is 10.2. The number of nitrogen functional groups attached to an aromatic ring is 1. The van der Waals surface area contributed by atoms with Crippen molar-refractivity contribution in [2.75, 3.05) is 31.9 Å². The van der Waals surface area contributed by atoms with Gasteiger partial charge in [-0.3, -0.25) is 0 Å². The molecule has 57 heavy (non-hydrogen) atoms. The number of para-hydroxylation sites is 1. The summed E-state index contributed by atoms with van der Waals surface area (Å²) in [5, 5.41) is 0.858. The highest BCUT2D eigenvalue weighted by Crippen LogP contribution is 2.48. The predicted molar refractivity (Wildman–Crippen MR) is 219 cm³/mol. The summed E-state index contributed by atoms with van der Waals surface area (Å²) in [7, 11) is 0. The van der Waals surface area contributed by atoms with E-state index in [0.29, 0.717) is 51.3 Å². The summed E-state index contributed by atoms with van der Waals surface area (Å²) in [6.45, 7) is 18.6. The first-order valence-corrected chi connectivity index (χ1v) is 20.1. The Morgan fingerprint density at radius 2 is 1.53 bits per heavy atom. The molecule has 13 heteroatoms. The first kappa shape index (κ1) is 41.7. The van der Waals surface area contributed by atoms with Crippen molar-refractivity contribution < 1.29 is 33.3 Å². The van der Waals surface area contributed by atoms with Crippen LogP contribution in [-0.2, 0) is 31.8 Å². The number of nitrogens with two attached hydrogens (primary N) is 1. The largest absolute Gasteiger partial charge is 0.457 e. The van der Waals surface area contributed by atoms with Crippen molar-refractivity contribution in [3.05, 3.63) is 78.2 Å². The molecule has 0 radical (unpaired) electrons. The highest BCUT2D eigenvalue weighted by Gasteiger charge is 2.55. The zero-order valence-electron chi connectivity index (χ0n) is 35.0. The fraction of sp³-hybridized carbons (Fsp3) is 0.545. The summed E-state index contributed by atoms with van der Waals surface area (Å²) < 4.78 is 33.2. The summed E-state index contributed by atoms with van der Waals surface area (Å²) in [5.74, 6) is 1.04. The van der Waals surface area contributed by atoms with Crippen LogP contribution in [0.2, 0.25) is 0 Å². The first-order chi connectivity index (χ1) is 26.9. The van der Waals surface area contributed by atoms with E-state index in [1.165, 1.54) is 6.33 Å². The lowest BCUT2D eigenvalue weighted by atomic mass is 10.0. The van der Waals surface area contributed by atoms with Gasteiger partial charge in [0.1, 0.15) is 46.6 Å². The zero-order chi connectivity index (χ0) is 41.1. The molecule has 2 N–H and O–H groups in total. The van der Waals surface area contributed by atoms with E-state index in [2.05, 4.69) is 27.7 Å². The predicted octanol–water partition coefficient (Wildman–Crippen LogP) is 8.56. The molecular formula is C44H60N6O7. The Labute approximate surface area is 336 Å². The van der Waals surface area contributed by atoms with Crippen LogP contribution in [0.3, 0.4) is 0 Å². The summed E-state index contributed by atoms with van der Waals surface area (Å²) in [6, 6.07) is 17.4. The van der Waals surface area contributed by atoms with Crippen LogP contribution in [0, 0.1) is 5.92 Å². The lowest BCUT2D eigenvalue weighted by molar-refractivity contribution is -0.160. The van der Waals surface area contributed by atoms with Crippen LogP contribution >= 0.6 is 0 Å². The Bertz CT molecular complexity index is 2000. The number of fused-ring (bicyclic) bond motifs is 2. The fourth-order valence-corrected chi connectivity index (χ4v) is 7.81. The molecule has 3 heterocycles. The SMILES string of the molecule is CCc1cn([C@@H]2C[C@H](CN(CCCN(CCc3cccc(Oc4ccccc4)c3)C(=O)OC(C)(C)C)C(=O)OC(C)(C)C)[C@H]3OC(C)(C)O[C@H]32)c2ncnc(N)c12. The Kier molecular flexibility index (Phi) is 12.4. The number of rotatable bonds is 13. The van der Waals surface area contributed by atoms with Crippen molar-refractivity contribution in [1.29, 1.82) is 0 Å². The minimum atomic E-state index is -0.811. The number of amides is 2. The number of anilines is 1. The van der Waals surface area contributed by atoms with E-state index in [-0.39, 0.29) is 24.2 Å². The van der Waals surface area contributed by atoms with E-state index in [1.807, 2.05) is 110 Å². The van der Waals surface area contributed by atoms with Crippen molar-refractivity contribution >= 4 is 29.0 Å². The highest BCUT2D eigenvalue weighted by atomic mass is 16.8. The molecular weight excluding hydrogens is 725 g/mol. The number of hydrogen-bond acceptors (Lipinski definition) is 10. The van der Waals surface area contributed by atoms with Crippen LogP contribution < -0.4 is 10.5 Å². The number of hydrogen-bond donors (Lipinski definition) is 1. The van der Waals surface area contributed by atoms with Gasteiger partial charge in [0.2, 0.25) is 0 Å². The summed E-state index contributed by atoms with van der Waals surface area (Å²) >= 11 is 0. The van der Waals surface area contributed by atoms with Gasteiger partial charge in [0.05, 0.1) is 17.5 Å². The normalized spacial score (nSPS) is 20.3. The topological polar surface area (TPSA) is 144 Å². The summed E-state index contributed by atoms with van der Waals surface area (Å²) in [5.41, 5.74) is 7.83. The summed E-state index contributed by atoms with van der Waals surface area (Å²) in [4.78, 5) is 39.9. The van der Waals surface area contributed by atoms with E-state index in [0.717, 1.165) is 40.1 Å². The summed E-state index contributed by atoms with van der Waals surface area (Å²) in [6.07, 6.45) is 4.77. The van der Waals surface area contributed by atoms with Crippen molar-refractivity contribution in [3.63, 3.8) is 0 Å². The van der Waals surface area contributed by atoms with Gasteiger partial charge in [-0.2, -0.15) is 0 Å². The number of aryl methyl sites for hydroxylation is 1. The molecule has 13 nitrogen and oxygen atoms in total. The maximum atomic E-state index is 13.9. The maximum absolute atomic E-state index is 13.9. The van der Waals surface area contributed by atoms with E-state index in [9.17, 15) is 9.59 Å². The molecule has 0 spiro atoms. The Morgan fingerprint density at radius 1 is 0.877 bits per heavy atom. The van der Waals surface area contributed by atoms with Crippen LogP contribution in [0.25, 0.3) is 11.0 Å². The number of nitrogens with zero attached hydrogens (tertiary/aromatic N) is 5. The quantitative estimate of drug-likeness (QED) is 0.140. The number of carbonyl (C=O) groups excluding carboxylic acids is 2. The average molecular weight is 785 g/mol. The van der Waals surface area contributed by atoms with E-state index >= 15 is 0 Å². The molecule has 308 valence electrons. The highest BCUT2D eigenvalue weighted by molar-refractivity contribution is 5.90. The van der Waals surface area contributed by atoms with E-state index in [4.69, 9.17) is 29.4 Å². The monoisotopic (exact) mass is 784 g/mol. The molecule has 1 aliphatic heterocycles. The van der Waals surface area contributed by atoms with Gasteiger partial charge in [-0.25, -0.2) is 19.6 Å². The van der Waals surface area contributed by atoms with Crippen molar-refractivity contribution in [1.82, 2.24) is 24.3 Å². The average Bonchev–Trinajstić information content (AvgIpc) is 3.77. The van der Waals surface area contributed by atoms with E-state index < -0.39 is 29.2 Å². The second-order valence-corrected chi connectivity index (χ2v) is 17.6. The molecule has 1 aliphatic carbocycles. The van der Waals surface area contributed by atoms with Crippen molar-refractivity contribution in [3.8, 4) is 11.5 Å². The van der Waals surface area contributed by atoms with Crippen LogP contribution in [0.5, 0.6) is 11.5 Å². The van der Waals surface area contributed by atoms with Gasteiger partial charge in [-0.1, -0.05) is 37.3 Å². The molecule has 0 bridgehead atoms. The molecule has 2 aromatic carbocycles. The van der Waals surface area contributed by atoms with Crippen LogP contribution in [-0.4, -0.2) is 91.9 Å². The van der Waals surface area contributed by atoms with Crippen LogP contribution in [0.4, 0.5) is 15.4 Å². The number of benzene rings is 2. The smallest absolute Gasteiger partial charge is 0.410 e. The number of ether oxygens (including phenoxy) is 5. The van der Waals surface area contributed by atoms with Crippen LogP contribution in [0.1, 0.15) is 92.3 Å². The Morgan fingerprint density at radius 3 is 2.21 bits per heavy atom. The number of aromatic nitrogens is 3. The Balaban J connectivity index is 1.19. The number of carbonyl (C=O) groups is 2. The second kappa shape index (κ2) is 16.9. The minimum absolute atomic E-state index is 0.0802. The van der Waals surface area contributed by atoms with Crippen molar-refractivity contribution in [2.24, 2.45) is 5.92 Å². The van der Waals surface area contributed by atoms with Gasteiger partial charge < -0.3 is 43.8 Å². The fourth-order valence-electron chi connectivity index (χ4n) is 7.81. The van der Waals surface area contributed by atoms with Gasteiger partial charge in [0, 0.05) is 38.3 Å². The molecule has 1 saturated carbocycles. The molecule has 2 amide bonds. The van der Waals surface area contributed by atoms with Gasteiger partial charge in [-0.15, -0.1) is 0 Å². The minimum Gasteiger partial charge on any atom is -0.457 e. The second-order valence-electron chi connectivity index (χ2n) is 17.6. The Hall–Kier alpha value is -4.88.